The van der Waals surface area contributed by atoms with Gasteiger partial charge in [-0.25, -0.2) is 8.42 Å². The number of anilines is 1. The molecular weight excluding hydrogens is 396 g/mol. The van der Waals surface area contributed by atoms with Gasteiger partial charge in [0.25, 0.3) is 0 Å². The molecule has 0 aliphatic carbocycles. The van der Waals surface area contributed by atoms with E-state index in [1.54, 1.807) is 12.1 Å². The Bertz CT molecular complexity index is 1020. The summed E-state index contributed by atoms with van der Waals surface area (Å²) in [5.74, 6) is -0.299. The first kappa shape index (κ1) is 23.9. The summed E-state index contributed by atoms with van der Waals surface area (Å²) < 4.78 is 26.6. The highest BCUT2D eigenvalue weighted by Crippen LogP contribution is 2.26. The number of rotatable bonds is 7. The van der Waals surface area contributed by atoms with Crippen LogP contribution in [-0.2, 0) is 14.8 Å². The number of hydrogen-bond donors (Lipinski definition) is 1. The lowest BCUT2D eigenvalue weighted by molar-refractivity contribution is -0.122. The third-order valence-corrected chi connectivity index (χ3v) is 6.68. The molecule has 0 radical (unpaired) electrons. The van der Waals surface area contributed by atoms with Crippen molar-refractivity contribution in [3.8, 4) is 0 Å². The minimum Gasteiger partial charge on any atom is -0.348 e. The van der Waals surface area contributed by atoms with Crippen LogP contribution in [0.25, 0.3) is 0 Å². The second kappa shape index (κ2) is 9.21. The van der Waals surface area contributed by atoms with Gasteiger partial charge in [0.1, 0.15) is 6.04 Å². The van der Waals surface area contributed by atoms with Gasteiger partial charge in [-0.3, -0.25) is 9.10 Å². The first-order chi connectivity index (χ1) is 13.8. The van der Waals surface area contributed by atoms with E-state index < -0.39 is 16.1 Å². The van der Waals surface area contributed by atoms with E-state index in [-0.39, 0.29) is 11.9 Å². The average molecular weight is 431 g/mol. The van der Waals surface area contributed by atoms with Gasteiger partial charge in [0.05, 0.1) is 18.0 Å². The molecule has 2 rings (SSSR count). The van der Waals surface area contributed by atoms with Crippen LogP contribution in [0.15, 0.2) is 30.3 Å². The van der Waals surface area contributed by atoms with Crippen molar-refractivity contribution in [2.45, 2.75) is 67.0 Å². The van der Waals surface area contributed by atoms with Gasteiger partial charge >= 0.3 is 0 Å². The molecule has 0 aliphatic rings. The van der Waals surface area contributed by atoms with Crippen LogP contribution in [0.2, 0.25) is 0 Å². The van der Waals surface area contributed by atoms with Gasteiger partial charge in [0.2, 0.25) is 15.9 Å². The second-order valence-corrected chi connectivity index (χ2v) is 10.2. The monoisotopic (exact) mass is 430 g/mol. The largest absolute Gasteiger partial charge is 0.348 e. The van der Waals surface area contributed by atoms with E-state index >= 15 is 0 Å². The van der Waals surface area contributed by atoms with E-state index in [4.69, 9.17) is 0 Å². The number of benzene rings is 2. The van der Waals surface area contributed by atoms with E-state index in [1.165, 1.54) is 9.87 Å². The molecule has 1 amide bonds. The van der Waals surface area contributed by atoms with Crippen LogP contribution in [0.4, 0.5) is 5.69 Å². The number of hydrogen-bond acceptors (Lipinski definition) is 3. The molecule has 2 aromatic carbocycles. The Balaban J connectivity index is 2.40. The molecule has 1 N–H and O–H groups in total. The van der Waals surface area contributed by atoms with E-state index in [0.717, 1.165) is 34.1 Å². The predicted octanol–water partition coefficient (Wildman–Crippen LogP) is 4.65. The molecule has 6 heteroatoms. The third kappa shape index (κ3) is 5.42. The summed E-state index contributed by atoms with van der Waals surface area (Å²) in [5.41, 5.74) is 6.94. The number of carbonyl (C=O) groups is 1. The Kier molecular flexibility index (Phi) is 7.35. The molecule has 0 spiro atoms. The molecule has 164 valence electrons. The van der Waals surface area contributed by atoms with Crippen LogP contribution in [0.3, 0.4) is 0 Å². The van der Waals surface area contributed by atoms with Crippen molar-refractivity contribution in [1.29, 1.82) is 0 Å². The lowest BCUT2D eigenvalue weighted by Gasteiger charge is -2.31. The maximum absolute atomic E-state index is 13.2. The van der Waals surface area contributed by atoms with Crippen LogP contribution in [-0.4, -0.2) is 26.6 Å². The summed E-state index contributed by atoms with van der Waals surface area (Å²) >= 11 is 0. The van der Waals surface area contributed by atoms with E-state index in [9.17, 15) is 13.2 Å². The molecule has 0 aliphatic heterocycles. The normalized spacial score (nSPS) is 13.6. The zero-order valence-corrected chi connectivity index (χ0v) is 20.1. The van der Waals surface area contributed by atoms with Gasteiger partial charge in [-0.15, -0.1) is 0 Å². The van der Waals surface area contributed by atoms with Crippen molar-refractivity contribution in [1.82, 2.24) is 5.32 Å². The highest BCUT2D eigenvalue weighted by atomic mass is 32.2. The van der Waals surface area contributed by atoms with Crippen molar-refractivity contribution >= 4 is 21.6 Å². The van der Waals surface area contributed by atoms with Crippen molar-refractivity contribution in [2.75, 3.05) is 10.6 Å². The minimum absolute atomic E-state index is 0.230. The van der Waals surface area contributed by atoms with Crippen LogP contribution in [0, 0.1) is 34.6 Å². The van der Waals surface area contributed by atoms with Gasteiger partial charge in [-0.1, -0.05) is 25.1 Å². The number of nitrogens with one attached hydrogen (secondary N) is 1. The van der Waals surface area contributed by atoms with Gasteiger partial charge in [0.15, 0.2) is 0 Å². The molecule has 0 unspecified atom stereocenters. The quantitative estimate of drug-likeness (QED) is 0.695. The summed E-state index contributed by atoms with van der Waals surface area (Å²) in [6, 6.07) is 8.75. The first-order valence-corrected chi connectivity index (χ1v) is 12.2. The molecule has 2 aromatic rings. The summed E-state index contributed by atoms with van der Waals surface area (Å²) in [6.07, 6.45) is 1.52. The fourth-order valence-corrected chi connectivity index (χ4v) is 5.17. The van der Waals surface area contributed by atoms with Gasteiger partial charge in [0, 0.05) is 0 Å². The second-order valence-electron chi connectivity index (χ2n) is 8.35. The summed E-state index contributed by atoms with van der Waals surface area (Å²) in [4.78, 5) is 13.2. The molecule has 0 bridgehead atoms. The number of aryl methyl sites for hydroxylation is 5. The highest BCUT2D eigenvalue weighted by Gasteiger charge is 2.32. The first-order valence-electron chi connectivity index (χ1n) is 10.3. The number of nitrogens with zero attached hydrogens (tertiary/aromatic N) is 1. The van der Waals surface area contributed by atoms with Crippen molar-refractivity contribution in [3.63, 3.8) is 0 Å². The van der Waals surface area contributed by atoms with Crippen molar-refractivity contribution in [3.05, 3.63) is 63.7 Å². The number of sulfonamides is 1. The summed E-state index contributed by atoms with van der Waals surface area (Å²) in [6.45, 7) is 13.7. The average Bonchev–Trinajstić information content (AvgIpc) is 2.60. The van der Waals surface area contributed by atoms with E-state index in [2.05, 4.69) is 24.4 Å². The minimum atomic E-state index is -3.66. The van der Waals surface area contributed by atoms with Crippen molar-refractivity contribution < 1.29 is 13.2 Å². The standard InChI is InChI=1S/C24H34N2O3S/c1-9-23(26(30(8,28)29)21-11-15(2)10-16(3)12-21)24(27)25-20(7)22-14-18(5)17(4)13-19(22)6/h10-14,20,23H,9H2,1-8H3,(H,25,27)/t20-,23+/m0/s1. The van der Waals surface area contributed by atoms with Gasteiger partial charge < -0.3 is 5.32 Å². The van der Waals surface area contributed by atoms with E-state index in [0.29, 0.717) is 12.1 Å². The lowest BCUT2D eigenvalue weighted by atomic mass is 9.96. The summed E-state index contributed by atoms with van der Waals surface area (Å²) in [5, 5.41) is 3.04. The Morgan fingerprint density at radius 1 is 0.933 bits per heavy atom. The molecule has 0 heterocycles. The topological polar surface area (TPSA) is 66.5 Å². The molecule has 0 saturated carbocycles. The van der Waals surface area contributed by atoms with Crippen LogP contribution in [0.5, 0.6) is 0 Å². The van der Waals surface area contributed by atoms with E-state index in [1.807, 2.05) is 47.6 Å². The number of amides is 1. The number of carbonyl (C=O) groups excluding carboxylic acids is 1. The Morgan fingerprint density at radius 3 is 1.97 bits per heavy atom. The maximum Gasteiger partial charge on any atom is 0.244 e. The zero-order valence-electron chi connectivity index (χ0n) is 19.3. The molecule has 2 atom stereocenters. The SMILES string of the molecule is CC[C@H](C(=O)N[C@@H](C)c1cc(C)c(C)cc1C)N(c1cc(C)cc(C)c1)S(C)(=O)=O. The zero-order chi connectivity index (χ0) is 22.8. The van der Waals surface area contributed by atoms with Gasteiger partial charge in [-0.2, -0.15) is 0 Å². The predicted molar refractivity (Wildman–Crippen MR) is 125 cm³/mol. The molecule has 0 fully saturated rings. The molecule has 30 heavy (non-hydrogen) atoms. The molecule has 0 aromatic heterocycles. The Morgan fingerprint density at radius 2 is 1.47 bits per heavy atom. The third-order valence-electron chi connectivity index (χ3n) is 5.50. The van der Waals surface area contributed by atoms with Crippen LogP contribution in [0.1, 0.15) is 59.7 Å². The Hall–Kier alpha value is -2.34. The smallest absolute Gasteiger partial charge is 0.244 e. The summed E-state index contributed by atoms with van der Waals surface area (Å²) in [7, 11) is -3.66. The lowest BCUT2D eigenvalue weighted by Crippen LogP contribution is -2.49. The van der Waals surface area contributed by atoms with Crippen LogP contribution < -0.4 is 9.62 Å². The molecular formula is C24H34N2O3S. The maximum atomic E-state index is 13.2. The fraction of sp³-hybridized carbons (Fsp3) is 0.458. The highest BCUT2D eigenvalue weighted by molar-refractivity contribution is 7.92. The van der Waals surface area contributed by atoms with Gasteiger partial charge in [-0.05, 0) is 93.5 Å². The molecule has 5 nitrogen and oxygen atoms in total. The Labute approximate surface area is 181 Å². The fourth-order valence-electron chi connectivity index (χ4n) is 3.97. The van der Waals surface area contributed by atoms with Crippen LogP contribution >= 0.6 is 0 Å². The van der Waals surface area contributed by atoms with Crippen molar-refractivity contribution in [2.24, 2.45) is 0 Å². The molecule has 0 saturated heterocycles.